The highest BCUT2D eigenvalue weighted by molar-refractivity contribution is 5.91. The number of aliphatic hydroxyl groups is 1. The number of rotatable bonds is 7. The topological polar surface area (TPSA) is 77.9 Å². The molecule has 0 saturated carbocycles. The van der Waals surface area contributed by atoms with Gasteiger partial charge in [0.25, 0.3) is 0 Å². The lowest BCUT2D eigenvalue weighted by atomic mass is 10.2. The lowest BCUT2D eigenvalue weighted by Crippen LogP contribution is -2.49. The monoisotopic (exact) mass is 378 g/mol. The van der Waals surface area contributed by atoms with E-state index in [4.69, 9.17) is 4.74 Å². The molecule has 1 aliphatic rings. The van der Waals surface area contributed by atoms with Crippen molar-refractivity contribution in [1.82, 2.24) is 9.88 Å². The molecule has 1 aliphatic heterocycles. The average Bonchev–Trinajstić information content (AvgIpc) is 2.61. The van der Waals surface area contributed by atoms with E-state index in [-0.39, 0.29) is 17.4 Å². The summed E-state index contributed by atoms with van der Waals surface area (Å²) < 4.78 is 5.65. The number of amides is 1. The maximum absolute atomic E-state index is 11.7. The molecule has 1 atom stereocenters. The van der Waals surface area contributed by atoms with Crippen molar-refractivity contribution >= 4 is 17.4 Å². The van der Waals surface area contributed by atoms with Crippen LogP contribution < -0.4 is 10.2 Å². The maximum atomic E-state index is 11.7. The molecule has 1 fully saturated rings. The van der Waals surface area contributed by atoms with E-state index in [9.17, 15) is 9.90 Å². The molecular formula is C20H34N4O3. The zero-order valence-electron chi connectivity index (χ0n) is 17.2. The number of carbonyl (C=O) groups excluding carboxylic acids is 1. The second-order valence-electron chi connectivity index (χ2n) is 8.41. The summed E-state index contributed by atoms with van der Waals surface area (Å²) >= 11 is 0. The van der Waals surface area contributed by atoms with Crippen LogP contribution in [0.2, 0.25) is 0 Å². The number of carbonyl (C=O) groups is 1. The Hall–Kier alpha value is -1.70. The first-order chi connectivity index (χ1) is 12.6. The number of nitrogens with zero attached hydrogens (tertiary/aromatic N) is 3. The number of aromatic nitrogens is 1. The Balaban J connectivity index is 1.77. The lowest BCUT2D eigenvalue weighted by molar-refractivity contribution is -0.118. The minimum atomic E-state index is -0.474. The highest BCUT2D eigenvalue weighted by Crippen LogP contribution is 2.17. The number of pyridine rings is 1. The molecule has 0 aromatic carbocycles. The molecule has 0 radical (unpaired) electrons. The van der Waals surface area contributed by atoms with Crippen molar-refractivity contribution in [3.05, 3.63) is 18.3 Å². The first-order valence-corrected chi connectivity index (χ1v) is 9.70. The zero-order valence-corrected chi connectivity index (χ0v) is 17.2. The average molecular weight is 379 g/mol. The normalized spacial score (nSPS) is 17.2. The van der Waals surface area contributed by atoms with Crippen LogP contribution in [0.3, 0.4) is 0 Å². The minimum Gasteiger partial charge on any atom is -0.389 e. The molecule has 0 aliphatic carbocycles. The molecule has 2 N–H and O–H groups in total. The van der Waals surface area contributed by atoms with Gasteiger partial charge in [0.1, 0.15) is 5.82 Å². The number of ether oxygens (including phenoxy) is 1. The summed E-state index contributed by atoms with van der Waals surface area (Å²) in [5, 5.41) is 13.0. The third-order valence-electron chi connectivity index (χ3n) is 4.41. The van der Waals surface area contributed by atoms with Crippen LogP contribution in [0, 0.1) is 5.92 Å². The quantitative estimate of drug-likeness (QED) is 0.755. The number of piperazine rings is 1. The van der Waals surface area contributed by atoms with Gasteiger partial charge < -0.3 is 20.1 Å². The summed E-state index contributed by atoms with van der Waals surface area (Å²) in [6, 6.07) is 3.83. The molecule has 2 rings (SSSR count). The van der Waals surface area contributed by atoms with E-state index in [1.807, 2.05) is 46.8 Å². The molecule has 27 heavy (non-hydrogen) atoms. The van der Waals surface area contributed by atoms with E-state index < -0.39 is 6.10 Å². The van der Waals surface area contributed by atoms with Crippen LogP contribution in [0.4, 0.5) is 11.5 Å². The van der Waals surface area contributed by atoms with Crippen LogP contribution in [0.15, 0.2) is 18.3 Å². The van der Waals surface area contributed by atoms with Crippen molar-refractivity contribution < 1.29 is 14.6 Å². The van der Waals surface area contributed by atoms with Gasteiger partial charge in [-0.3, -0.25) is 9.69 Å². The fourth-order valence-electron chi connectivity index (χ4n) is 2.79. The van der Waals surface area contributed by atoms with Gasteiger partial charge >= 0.3 is 0 Å². The highest BCUT2D eigenvalue weighted by atomic mass is 16.5. The third kappa shape index (κ3) is 7.44. The van der Waals surface area contributed by atoms with E-state index in [0.717, 1.165) is 37.7 Å². The van der Waals surface area contributed by atoms with Gasteiger partial charge in [0.05, 0.1) is 30.2 Å². The number of β-amino-alcohol motifs (C(OH)–C–C–N with tert-alkyl or cyclic N) is 1. The van der Waals surface area contributed by atoms with E-state index in [1.165, 1.54) is 0 Å². The summed E-state index contributed by atoms with van der Waals surface area (Å²) in [7, 11) is 0. The van der Waals surface area contributed by atoms with Crippen LogP contribution in [0.1, 0.15) is 34.6 Å². The van der Waals surface area contributed by atoms with Crippen LogP contribution in [0.25, 0.3) is 0 Å². The van der Waals surface area contributed by atoms with Gasteiger partial charge in [0.15, 0.2) is 0 Å². The predicted octanol–water partition coefficient (Wildman–Crippen LogP) is 1.97. The van der Waals surface area contributed by atoms with E-state index >= 15 is 0 Å². The molecule has 1 aromatic heterocycles. The standard InChI is InChI=1S/C20H34N4O3/c1-15(2)19(26)22-16-6-7-18(21-12-16)24-10-8-23(9-11-24)13-17(25)14-27-20(3,4)5/h6-7,12,15,17,25H,8-11,13-14H2,1-5H3,(H,22,26). The van der Waals surface area contributed by atoms with Crippen LogP contribution in [-0.2, 0) is 9.53 Å². The van der Waals surface area contributed by atoms with Crippen LogP contribution >= 0.6 is 0 Å². The van der Waals surface area contributed by atoms with Gasteiger partial charge in [0, 0.05) is 38.6 Å². The molecule has 1 amide bonds. The Bertz CT molecular complexity index is 590. The van der Waals surface area contributed by atoms with Crippen molar-refractivity contribution in [1.29, 1.82) is 0 Å². The van der Waals surface area contributed by atoms with Crippen molar-refractivity contribution in [3.8, 4) is 0 Å². The largest absolute Gasteiger partial charge is 0.389 e. The van der Waals surface area contributed by atoms with Crippen molar-refractivity contribution in [3.63, 3.8) is 0 Å². The number of anilines is 2. The Morgan fingerprint density at radius 3 is 2.44 bits per heavy atom. The molecule has 152 valence electrons. The summed E-state index contributed by atoms with van der Waals surface area (Å²) in [5.41, 5.74) is 0.490. The van der Waals surface area contributed by atoms with E-state index in [2.05, 4.69) is 20.1 Å². The van der Waals surface area contributed by atoms with Crippen LogP contribution in [-0.4, -0.2) is 71.9 Å². The molecule has 1 unspecified atom stereocenters. The Morgan fingerprint density at radius 1 is 1.26 bits per heavy atom. The summed E-state index contributed by atoms with van der Waals surface area (Å²) in [6.45, 7) is 14.1. The Kier molecular flexibility index (Phi) is 7.59. The SMILES string of the molecule is CC(C)C(=O)Nc1ccc(N2CCN(CC(O)COC(C)(C)C)CC2)nc1. The molecule has 0 bridgehead atoms. The highest BCUT2D eigenvalue weighted by Gasteiger charge is 2.21. The summed E-state index contributed by atoms with van der Waals surface area (Å²) in [4.78, 5) is 20.7. The second kappa shape index (κ2) is 9.48. The van der Waals surface area contributed by atoms with Gasteiger partial charge in [-0.05, 0) is 32.9 Å². The third-order valence-corrected chi connectivity index (χ3v) is 4.41. The molecular weight excluding hydrogens is 344 g/mol. The second-order valence-corrected chi connectivity index (χ2v) is 8.41. The van der Waals surface area contributed by atoms with E-state index in [1.54, 1.807) is 6.20 Å². The smallest absolute Gasteiger partial charge is 0.226 e. The van der Waals surface area contributed by atoms with Crippen molar-refractivity contribution in [2.75, 3.05) is 49.5 Å². The zero-order chi connectivity index (χ0) is 20.0. The molecule has 2 heterocycles. The van der Waals surface area contributed by atoms with Crippen LogP contribution in [0.5, 0.6) is 0 Å². The number of aliphatic hydroxyl groups excluding tert-OH is 1. The van der Waals surface area contributed by atoms with Gasteiger partial charge in [-0.2, -0.15) is 0 Å². The first-order valence-electron chi connectivity index (χ1n) is 9.70. The van der Waals surface area contributed by atoms with E-state index in [0.29, 0.717) is 13.2 Å². The van der Waals surface area contributed by atoms with Crippen molar-refractivity contribution in [2.24, 2.45) is 5.92 Å². The molecule has 7 nitrogen and oxygen atoms in total. The number of hydrogen-bond donors (Lipinski definition) is 2. The molecule has 0 spiro atoms. The van der Waals surface area contributed by atoms with Gasteiger partial charge in [-0.15, -0.1) is 0 Å². The van der Waals surface area contributed by atoms with Gasteiger partial charge in [-0.1, -0.05) is 13.8 Å². The lowest BCUT2D eigenvalue weighted by Gasteiger charge is -2.36. The number of hydrogen-bond acceptors (Lipinski definition) is 6. The van der Waals surface area contributed by atoms with Gasteiger partial charge in [-0.25, -0.2) is 4.98 Å². The summed E-state index contributed by atoms with van der Waals surface area (Å²) in [6.07, 6.45) is 1.23. The summed E-state index contributed by atoms with van der Waals surface area (Å²) in [5.74, 6) is 0.850. The fraction of sp³-hybridized carbons (Fsp3) is 0.700. The van der Waals surface area contributed by atoms with Gasteiger partial charge in [0.2, 0.25) is 5.91 Å². The fourth-order valence-corrected chi connectivity index (χ4v) is 2.79. The Labute approximate surface area is 162 Å². The Morgan fingerprint density at radius 2 is 1.93 bits per heavy atom. The molecule has 1 saturated heterocycles. The first kappa shape index (κ1) is 21.6. The molecule has 7 heteroatoms. The maximum Gasteiger partial charge on any atom is 0.226 e. The minimum absolute atomic E-state index is 0.00726. The number of nitrogens with one attached hydrogen (secondary N) is 1. The van der Waals surface area contributed by atoms with Crippen molar-refractivity contribution in [2.45, 2.75) is 46.3 Å². The predicted molar refractivity (Wildman–Crippen MR) is 108 cm³/mol. The molecule has 1 aromatic rings.